The fraction of sp³-hybridized carbons (Fsp3) is 0.440. The lowest BCUT2D eigenvalue weighted by Gasteiger charge is -2.29. The number of thiazole rings is 2. The van der Waals surface area contributed by atoms with Crippen molar-refractivity contribution < 1.29 is 22.8 Å². The molecule has 4 rings (SSSR count). The Morgan fingerprint density at radius 1 is 1.06 bits per heavy atom. The normalized spacial score (nSPS) is 19.3. The average Bonchev–Trinajstić information content (AvgIpc) is 3.42. The highest BCUT2D eigenvalue weighted by Gasteiger charge is 2.43. The first-order chi connectivity index (χ1) is 16.6. The van der Waals surface area contributed by atoms with Gasteiger partial charge in [-0.3, -0.25) is 9.59 Å². The Morgan fingerprint density at radius 3 is 2.31 bits per heavy atom. The topological polar surface area (TPSA) is 72.0 Å². The Hall–Kier alpha value is -2.59. The van der Waals surface area contributed by atoms with Crippen molar-refractivity contribution in [2.45, 2.75) is 58.2 Å². The molecular weight excluding hydrogens is 495 g/mol. The minimum Gasteiger partial charge on any atom is -0.341 e. The maximum Gasteiger partial charge on any atom is 0.412 e. The number of Topliss-reactive ketones (excluding diaryl/α,β-unsaturated/α-hetero) is 1. The van der Waals surface area contributed by atoms with E-state index in [0.717, 1.165) is 26.3 Å². The molecule has 1 amide bonds. The maximum atomic E-state index is 13.6. The molecule has 1 N–H and O–H groups in total. The molecule has 0 spiro atoms. The molecule has 3 aromatic rings. The fourth-order valence-electron chi connectivity index (χ4n) is 4.50. The van der Waals surface area contributed by atoms with Crippen molar-refractivity contribution in [3.8, 4) is 10.6 Å². The number of nitrogens with one attached hydrogen (secondary N) is 1. The SMILES string of the molecule is Cc1nc(C)c(-c2csc(CC(=O)C3CCC(C(=O)NC(c4ccccc4)C(F)(F)F)CC3)n2)s1. The summed E-state index contributed by atoms with van der Waals surface area (Å²) in [7, 11) is 0. The van der Waals surface area contributed by atoms with Crippen LogP contribution >= 0.6 is 22.7 Å². The van der Waals surface area contributed by atoms with Crippen LogP contribution < -0.4 is 5.32 Å². The summed E-state index contributed by atoms with van der Waals surface area (Å²) in [5, 5.41) is 5.84. The minimum absolute atomic E-state index is 0.00344. The highest BCUT2D eigenvalue weighted by atomic mass is 32.1. The summed E-state index contributed by atoms with van der Waals surface area (Å²) >= 11 is 3.02. The third-order valence-corrected chi connectivity index (χ3v) is 8.26. The molecule has 1 aliphatic rings. The zero-order valence-electron chi connectivity index (χ0n) is 19.4. The number of hydrogen-bond donors (Lipinski definition) is 1. The van der Waals surface area contributed by atoms with E-state index in [0.29, 0.717) is 25.7 Å². The van der Waals surface area contributed by atoms with E-state index in [1.807, 2.05) is 19.2 Å². The first-order valence-electron chi connectivity index (χ1n) is 11.5. The van der Waals surface area contributed by atoms with Crippen LogP contribution in [0, 0.1) is 25.7 Å². The van der Waals surface area contributed by atoms with Crippen LogP contribution in [0.1, 0.15) is 53.0 Å². The van der Waals surface area contributed by atoms with Gasteiger partial charge in [0.1, 0.15) is 10.8 Å². The molecule has 1 fully saturated rings. The number of carbonyl (C=O) groups excluding carboxylic acids is 2. The predicted octanol–water partition coefficient (Wildman–Crippen LogP) is 6.22. The van der Waals surface area contributed by atoms with Gasteiger partial charge in [-0.2, -0.15) is 13.2 Å². The Labute approximate surface area is 209 Å². The second kappa shape index (κ2) is 10.6. The molecule has 186 valence electrons. The summed E-state index contributed by atoms with van der Waals surface area (Å²) in [4.78, 5) is 35.6. The van der Waals surface area contributed by atoms with Crippen molar-refractivity contribution in [2.24, 2.45) is 11.8 Å². The van der Waals surface area contributed by atoms with Gasteiger partial charge in [-0.25, -0.2) is 9.97 Å². The molecule has 2 heterocycles. The number of hydrogen-bond acceptors (Lipinski definition) is 6. The van der Waals surface area contributed by atoms with Crippen molar-refractivity contribution >= 4 is 34.4 Å². The number of aryl methyl sites for hydroxylation is 2. The van der Waals surface area contributed by atoms with Gasteiger partial charge in [-0.15, -0.1) is 22.7 Å². The lowest BCUT2D eigenvalue weighted by molar-refractivity contribution is -0.165. The minimum atomic E-state index is -4.59. The lowest BCUT2D eigenvalue weighted by Crippen LogP contribution is -2.42. The molecule has 0 bridgehead atoms. The fourth-order valence-corrected chi connectivity index (χ4v) is 6.25. The molecule has 1 aromatic carbocycles. The molecular formula is C25H26F3N3O2S2. The number of amides is 1. The van der Waals surface area contributed by atoms with E-state index in [2.05, 4.69) is 15.3 Å². The third kappa shape index (κ3) is 6.16. The van der Waals surface area contributed by atoms with Crippen molar-refractivity contribution in [2.75, 3.05) is 0 Å². The largest absolute Gasteiger partial charge is 0.412 e. The van der Waals surface area contributed by atoms with Gasteiger partial charge in [-0.05, 0) is 45.1 Å². The molecule has 10 heteroatoms. The van der Waals surface area contributed by atoms with E-state index in [1.54, 1.807) is 17.4 Å². The molecule has 35 heavy (non-hydrogen) atoms. The molecule has 1 atom stereocenters. The van der Waals surface area contributed by atoms with E-state index in [1.165, 1.54) is 35.6 Å². The summed E-state index contributed by atoms with van der Waals surface area (Å²) in [6.07, 6.45) is -2.59. The van der Waals surface area contributed by atoms with Crippen LogP contribution in [-0.4, -0.2) is 27.8 Å². The molecule has 1 unspecified atom stereocenters. The first-order valence-corrected chi connectivity index (χ1v) is 13.1. The van der Waals surface area contributed by atoms with E-state index in [9.17, 15) is 22.8 Å². The number of ketones is 1. The van der Waals surface area contributed by atoms with Gasteiger partial charge in [0.15, 0.2) is 6.04 Å². The summed E-state index contributed by atoms with van der Waals surface area (Å²) < 4.78 is 40.7. The number of rotatable bonds is 7. The summed E-state index contributed by atoms with van der Waals surface area (Å²) in [6, 6.07) is 5.33. The standard InChI is InChI=1S/C25H26F3N3O2S2/c1-14-22(35-15(2)29-14)19-13-34-21(30-19)12-20(32)16-8-10-18(11-9-16)24(33)31-23(25(26,27)28)17-6-4-3-5-7-17/h3-7,13,16,18,23H,8-12H2,1-2H3,(H,31,33). The molecule has 2 aromatic heterocycles. The predicted molar refractivity (Wildman–Crippen MR) is 130 cm³/mol. The van der Waals surface area contributed by atoms with Gasteiger partial charge in [0.05, 0.1) is 27.7 Å². The van der Waals surface area contributed by atoms with Crippen LogP contribution in [0.15, 0.2) is 35.7 Å². The average molecular weight is 522 g/mol. The van der Waals surface area contributed by atoms with Crippen LogP contribution in [0.25, 0.3) is 10.6 Å². The van der Waals surface area contributed by atoms with Crippen LogP contribution in [0.3, 0.4) is 0 Å². The molecule has 1 saturated carbocycles. The number of alkyl halides is 3. The maximum absolute atomic E-state index is 13.6. The quantitative estimate of drug-likeness (QED) is 0.401. The zero-order chi connectivity index (χ0) is 25.2. The first kappa shape index (κ1) is 25.5. The van der Waals surface area contributed by atoms with Gasteiger partial charge < -0.3 is 5.32 Å². The summed E-state index contributed by atoms with van der Waals surface area (Å²) in [5.41, 5.74) is 1.76. The zero-order valence-corrected chi connectivity index (χ0v) is 21.0. The van der Waals surface area contributed by atoms with Crippen LogP contribution in [0.4, 0.5) is 13.2 Å². The number of aromatic nitrogens is 2. The smallest absolute Gasteiger partial charge is 0.341 e. The van der Waals surface area contributed by atoms with Gasteiger partial charge in [0.2, 0.25) is 5.91 Å². The molecule has 1 aliphatic carbocycles. The van der Waals surface area contributed by atoms with Crippen molar-refractivity contribution in [3.63, 3.8) is 0 Å². The van der Waals surface area contributed by atoms with Gasteiger partial charge in [0, 0.05) is 17.2 Å². The highest BCUT2D eigenvalue weighted by Crippen LogP contribution is 2.36. The molecule has 0 radical (unpaired) electrons. The molecule has 0 aliphatic heterocycles. The summed E-state index contributed by atoms with van der Waals surface area (Å²) in [5.74, 6) is -1.27. The second-order valence-electron chi connectivity index (χ2n) is 8.86. The Balaban J connectivity index is 1.31. The van der Waals surface area contributed by atoms with E-state index in [4.69, 9.17) is 0 Å². The Kier molecular flexibility index (Phi) is 7.70. The van der Waals surface area contributed by atoms with E-state index < -0.39 is 24.0 Å². The number of carbonyl (C=O) groups is 2. The third-order valence-electron chi connectivity index (χ3n) is 6.31. The van der Waals surface area contributed by atoms with Crippen molar-refractivity contribution in [1.82, 2.24) is 15.3 Å². The van der Waals surface area contributed by atoms with Gasteiger partial charge in [0.25, 0.3) is 0 Å². The summed E-state index contributed by atoms with van der Waals surface area (Å²) in [6.45, 7) is 3.88. The highest BCUT2D eigenvalue weighted by molar-refractivity contribution is 7.16. The van der Waals surface area contributed by atoms with Gasteiger partial charge in [-0.1, -0.05) is 30.3 Å². The van der Waals surface area contributed by atoms with Crippen LogP contribution in [0.2, 0.25) is 0 Å². The lowest BCUT2D eigenvalue weighted by atomic mass is 9.79. The molecule has 5 nitrogen and oxygen atoms in total. The van der Waals surface area contributed by atoms with Crippen LogP contribution in [-0.2, 0) is 16.0 Å². The Bertz CT molecular complexity index is 1180. The van der Waals surface area contributed by atoms with Crippen LogP contribution in [0.5, 0.6) is 0 Å². The number of nitrogens with zero attached hydrogens (tertiary/aromatic N) is 2. The Morgan fingerprint density at radius 2 is 1.71 bits per heavy atom. The second-order valence-corrected chi connectivity index (χ2v) is 11.0. The van der Waals surface area contributed by atoms with Crippen molar-refractivity contribution in [1.29, 1.82) is 0 Å². The van der Waals surface area contributed by atoms with Gasteiger partial charge >= 0.3 is 6.18 Å². The number of halogens is 3. The van der Waals surface area contributed by atoms with E-state index >= 15 is 0 Å². The molecule has 0 saturated heterocycles. The van der Waals surface area contributed by atoms with Crippen molar-refractivity contribution in [3.05, 3.63) is 57.0 Å². The monoisotopic (exact) mass is 521 g/mol. The van der Waals surface area contributed by atoms with E-state index in [-0.39, 0.29) is 23.7 Å². The number of benzene rings is 1.